The summed E-state index contributed by atoms with van der Waals surface area (Å²) in [5.74, 6) is 0. The third kappa shape index (κ3) is 49.0. The fourth-order valence-electron chi connectivity index (χ4n) is 0.632. The Labute approximate surface area is 82.0 Å². The van der Waals surface area contributed by atoms with Crippen molar-refractivity contribution in [2.24, 2.45) is 0 Å². The van der Waals surface area contributed by atoms with E-state index < -0.39 is 10.4 Å². The summed E-state index contributed by atoms with van der Waals surface area (Å²) < 4.78 is 35.2. The van der Waals surface area contributed by atoms with E-state index in [9.17, 15) is 0 Å². The zero-order valence-corrected chi connectivity index (χ0v) is 9.43. The molecule has 0 heterocycles. The van der Waals surface area contributed by atoms with Crippen molar-refractivity contribution in [3.05, 3.63) is 0 Å². The van der Waals surface area contributed by atoms with Crippen molar-refractivity contribution in [1.29, 1.82) is 0 Å². The third-order valence-electron chi connectivity index (χ3n) is 1.18. The fourth-order valence-corrected chi connectivity index (χ4v) is 0.632. The van der Waals surface area contributed by atoms with E-state index in [1.165, 1.54) is 19.4 Å². The topological polar surface area (TPSA) is 80.3 Å². The molecule has 0 unspecified atom stereocenters. The van der Waals surface area contributed by atoms with E-state index in [0.29, 0.717) is 0 Å². The van der Waals surface area contributed by atoms with Gasteiger partial charge >= 0.3 is 1.43 Å². The molecule has 0 saturated heterocycles. The van der Waals surface area contributed by atoms with Gasteiger partial charge in [-0.1, -0.05) is 13.3 Å². The number of quaternary nitrogens is 1. The van der Waals surface area contributed by atoms with Crippen molar-refractivity contribution in [1.82, 2.24) is 0 Å². The largest absolute Gasteiger partial charge is 1.00 e. The zero-order valence-electron chi connectivity index (χ0n) is 9.61. The molecule has 0 amide bonds. The van der Waals surface area contributed by atoms with Crippen LogP contribution in [-0.2, 0) is 10.4 Å². The van der Waals surface area contributed by atoms with Crippen LogP contribution in [0.3, 0.4) is 0 Å². The van der Waals surface area contributed by atoms with Crippen molar-refractivity contribution in [2.45, 2.75) is 19.8 Å². The van der Waals surface area contributed by atoms with Crippen molar-refractivity contribution >= 4 is 10.4 Å². The van der Waals surface area contributed by atoms with Gasteiger partial charge in [-0.15, -0.1) is 0 Å². The minimum atomic E-state index is -5.17. The van der Waals surface area contributed by atoms with Crippen molar-refractivity contribution in [2.75, 3.05) is 27.7 Å². The van der Waals surface area contributed by atoms with Crippen LogP contribution in [0.15, 0.2) is 0 Å². The standard InChI is InChI=1S/C7H18N.H2O4S/c1-5-6-7-8(2,3)4;1-5(2,3)4/h5-7H2,1-4H3;(H2,1,2,3,4)/q+1;/p-1. The van der Waals surface area contributed by atoms with Crippen LogP contribution in [0.1, 0.15) is 21.2 Å². The molecule has 0 bridgehead atoms. The fraction of sp³-hybridized carbons (Fsp3) is 1.00. The summed E-state index contributed by atoms with van der Waals surface area (Å²) in [4.78, 5) is 0. The Balaban J connectivity index is -0.000000177. The molecule has 0 rings (SSSR count). The maximum absolute atomic E-state index is 8.52. The smallest absolute Gasteiger partial charge is 0.759 e. The van der Waals surface area contributed by atoms with Crippen LogP contribution in [0.4, 0.5) is 0 Å². The highest BCUT2D eigenvalue weighted by atomic mass is 32.3. The highest BCUT2D eigenvalue weighted by Crippen LogP contribution is 1.95. The maximum atomic E-state index is 8.52. The second-order valence-electron chi connectivity index (χ2n) is 3.78. The number of rotatable bonds is 3. The molecule has 0 aromatic heterocycles. The average molecular weight is 213 g/mol. The predicted octanol–water partition coefficient (Wildman–Crippen LogP) is 0.267. The Hall–Kier alpha value is -0.170. The average Bonchev–Trinajstić information content (AvgIpc) is 1.77. The molecular weight excluding hydrogens is 194 g/mol. The van der Waals surface area contributed by atoms with Gasteiger partial charge in [0.1, 0.15) is 0 Å². The summed E-state index contributed by atoms with van der Waals surface area (Å²) >= 11 is 0. The summed E-state index contributed by atoms with van der Waals surface area (Å²) in [5, 5.41) is 0. The maximum Gasteiger partial charge on any atom is 1.00 e. The molecule has 6 heteroatoms. The molecule has 0 atom stereocenters. The van der Waals surface area contributed by atoms with Crippen LogP contribution in [0, 0.1) is 0 Å². The summed E-state index contributed by atoms with van der Waals surface area (Å²) in [6.45, 7) is 3.53. The van der Waals surface area contributed by atoms with Crippen LogP contribution in [0.5, 0.6) is 0 Å². The predicted molar refractivity (Wildman–Crippen MR) is 49.4 cm³/mol. The van der Waals surface area contributed by atoms with Gasteiger partial charge in [-0.2, -0.15) is 0 Å². The first-order valence-corrected chi connectivity index (χ1v) is 5.36. The Morgan fingerprint density at radius 2 is 1.54 bits per heavy atom. The molecule has 0 aliphatic carbocycles. The first kappa shape index (κ1) is 15.3. The molecule has 82 valence electrons. The summed E-state index contributed by atoms with van der Waals surface area (Å²) in [7, 11) is 1.53. The lowest BCUT2D eigenvalue weighted by Crippen LogP contribution is -2.35. The van der Waals surface area contributed by atoms with Gasteiger partial charge in [-0.25, -0.2) is 0 Å². The molecule has 5 nitrogen and oxygen atoms in total. The number of hydrogen-bond acceptors (Lipinski definition) is 4. The molecule has 0 spiro atoms. The van der Waals surface area contributed by atoms with Gasteiger partial charge in [0.25, 0.3) is 0 Å². The minimum Gasteiger partial charge on any atom is -0.759 e. The molecule has 0 aliphatic heterocycles. The second-order valence-corrected chi connectivity index (χ2v) is 4.59. The first-order valence-electron chi connectivity index (χ1n) is 4.03. The molecule has 0 N–H and O–H groups in total. The van der Waals surface area contributed by atoms with Crippen molar-refractivity contribution in [3.8, 4) is 0 Å². The highest BCUT2D eigenvalue weighted by Gasteiger charge is 2.02. The first-order chi connectivity index (χ1) is 5.56. The van der Waals surface area contributed by atoms with Gasteiger partial charge in [0.05, 0.1) is 27.7 Å². The van der Waals surface area contributed by atoms with E-state index in [1.54, 1.807) is 0 Å². The van der Waals surface area contributed by atoms with Gasteiger partial charge in [0.15, 0.2) is 0 Å². The van der Waals surface area contributed by atoms with Gasteiger partial charge in [0, 0.05) is 10.4 Å². The second kappa shape index (κ2) is 6.31. The Morgan fingerprint density at radius 1 is 1.23 bits per heavy atom. The van der Waals surface area contributed by atoms with E-state index in [-0.39, 0.29) is 1.43 Å². The summed E-state index contributed by atoms with van der Waals surface area (Å²) in [5.41, 5.74) is 0. The summed E-state index contributed by atoms with van der Waals surface area (Å²) in [6, 6.07) is 0. The van der Waals surface area contributed by atoms with Crippen LogP contribution in [0.2, 0.25) is 0 Å². The van der Waals surface area contributed by atoms with Crippen LogP contribution in [-0.4, -0.2) is 49.7 Å². The lowest BCUT2D eigenvalue weighted by molar-refractivity contribution is -0.870. The quantitative estimate of drug-likeness (QED) is 0.383. The Bertz CT molecular complexity index is 202. The van der Waals surface area contributed by atoms with Crippen molar-refractivity contribution in [3.63, 3.8) is 0 Å². The molecule has 0 aromatic rings. The van der Waals surface area contributed by atoms with Gasteiger partial charge in [-0.05, 0) is 6.42 Å². The van der Waals surface area contributed by atoms with E-state index >= 15 is 0 Å². The van der Waals surface area contributed by atoms with E-state index in [2.05, 4.69) is 28.1 Å². The third-order valence-corrected chi connectivity index (χ3v) is 1.18. The highest BCUT2D eigenvalue weighted by molar-refractivity contribution is 7.79. The number of nitrogens with zero attached hydrogens (tertiary/aromatic N) is 1. The SMILES string of the molecule is CCCC[N+](C)(C)C.O=S(=O)([O-])[O-].[H+]. The zero-order chi connectivity index (χ0) is 11.1. The number of hydrogen-bond donors (Lipinski definition) is 0. The van der Waals surface area contributed by atoms with Crippen LogP contribution < -0.4 is 0 Å². The molecule has 0 aromatic carbocycles. The number of unbranched alkanes of at least 4 members (excludes halogenated alkanes) is 1. The van der Waals surface area contributed by atoms with E-state index in [4.69, 9.17) is 17.5 Å². The van der Waals surface area contributed by atoms with Crippen LogP contribution in [0.25, 0.3) is 0 Å². The molecular formula is C7H19NO4S. The monoisotopic (exact) mass is 213 g/mol. The minimum absolute atomic E-state index is 0. The van der Waals surface area contributed by atoms with Gasteiger partial charge < -0.3 is 13.6 Å². The summed E-state index contributed by atoms with van der Waals surface area (Å²) in [6.07, 6.45) is 2.67. The molecule has 0 radical (unpaired) electrons. The lowest BCUT2D eigenvalue weighted by atomic mass is 10.3. The van der Waals surface area contributed by atoms with E-state index in [1.807, 2.05) is 0 Å². The van der Waals surface area contributed by atoms with Crippen LogP contribution >= 0.6 is 0 Å². The Kier molecular flexibility index (Phi) is 7.43. The van der Waals surface area contributed by atoms with E-state index in [0.717, 1.165) is 4.48 Å². The molecule has 13 heavy (non-hydrogen) atoms. The lowest BCUT2D eigenvalue weighted by Gasteiger charge is -2.23. The van der Waals surface area contributed by atoms with Gasteiger partial charge in [0.2, 0.25) is 0 Å². The molecule has 0 saturated carbocycles. The van der Waals surface area contributed by atoms with Crippen molar-refractivity contribution < 1.29 is 23.4 Å². The normalized spacial score (nSPS) is 11.8. The van der Waals surface area contributed by atoms with Gasteiger partial charge in [-0.3, -0.25) is 8.42 Å². The molecule has 0 aliphatic rings. The Morgan fingerprint density at radius 3 is 1.62 bits per heavy atom. The molecule has 0 fully saturated rings.